The highest BCUT2D eigenvalue weighted by molar-refractivity contribution is 6.30. The van der Waals surface area contributed by atoms with Crippen LogP contribution in [0.3, 0.4) is 0 Å². The summed E-state index contributed by atoms with van der Waals surface area (Å²) in [6.45, 7) is 2.69. The average Bonchev–Trinajstić information content (AvgIpc) is 3.05. The molecule has 5 nitrogen and oxygen atoms in total. The monoisotopic (exact) mass is 304 g/mol. The second-order valence-electron chi connectivity index (χ2n) is 5.31. The van der Waals surface area contributed by atoms with Crippen molar-refractivity contribution in [1.82, 2.24) is 19.7 Å². The molecule has 110 valence electrons. The van der Waals surface area contributed by atoms with Crippen molar-refractivity contribution in [2.24, 2.45) is 7.05 Å². The van der Waals surface area contributed by atoms with Crippen molar-refractivity contribution in [1.29, 1.82) is 0 Å². The Kier molecular flexibility index (Phi) is 3.68. The van der Waals surface area contributed by atoms with Crippen LogP contribution in [-0.4, -0.2) is 32.1 Å². The average molecular weight is 305 g/mol. The van der Waals surface area contributed by atoms with Crippen LogP contribution in [0.25, 0.3) is 0 Å². The molecule has 3 rings (SSSR count). The van der Waals surface area contributed by atoms with Crippen LogP contribution in [0.5, 0.6) is 0 Å². The van der Waals surface area contributed by atoms with Crippen molar-refractivity contribution < 1.29 is 4.79 Å². The molecule has 0 N–H and O–H groups in total. The van der Waals surface area contributed by atoms with E-state index in [2.05, 4.69) is 10.1 Å². The molecule has 1 aliphatic heterocycles. The molecule has 2 aromatic heterocycles. The van der Waals surface area contributed by atoms with Gasteiger partial charge in [0.15, 0.2) is 0 Å². The van der Waals surface area contributed by atoms with Gasteiger partial charge in [-0.25, -0.2) is 0 Å². The Bertz CT molecular complexity index is 668. The molecule has 0 unspecified atom stereocenters. The molecule has 2 aromatic rings. The fourth-order valence-electron chi connectivity index (χ4n) is 3.00. The first-order chi connectivity index (χ1) is 10.1. The Labute approximate surface area is 128 Å². The van der Waals surface area contributed by atoms with Gasteiger partial charge >= 0.3 is 0 Å². The molecule has 6 heteroatoms. The minimum absolute atomic E-state index is 0.00636. The number of rotatable bonds is 2. The van der Waals surface area contributed by atoms with Gasteiger partial charge in [0, 0.05) is 37.1 Å². The van der Waals surface area contributed by atoms with E-state index in [4.69, 9.17) is 11.6 Å². The van der Waals surface area contributed by atoms with Gasteiger partial charge in [0.05, 0.1) is 11.7 Å². The van der Waals surface area contributed by atoms with Crippen molar-refractivity contribution >= 4 is 17.5 Å². The first-order valence-electron chi connectivity index (χ1n) is 6.99. The quantitative estimate of drug-likeness (QED) is 0.857. The lowest BCUT2D eigenvalue weighted by Crippen LogP contribution is -2.30. The summed E-state index contributed by atoms with van der Waals surface area (Å²) in [6.07, 6.45) is 5.18. The maximum atomic E-state index is 12.7. The summed E-state index contributed by atoms with van der Waals surface area (Å²) in [5.41, 5.74) is 2.52. The number of likely N-dealkylation sites (tertiary alicyclic amines) is 1. The maximum absolute atomic E-state index is 12.7. The van der Waals surface area contributed by atoms with Crippen LogP contribution in [0.1, 0.15) is 40.5 Å². The third-order valence-corrected chi connectivity index (χ3v) is 4.42. The van der Waals surface area contributed by atoms with Crippen molar-refractivity contribution in [2.75, 3.05) is 6.54 Å². The van der Waals surface area contributed by atoms with E-state index in [9.17, 15) is 4.79 Å². The molecule has 1 fully saturated rings. The summed E-state index contributed by atoms with van der Waals surface area (Å²) >= 11 is 6.36. The van der Waals surface area contributed by atoms with Crippen molar-refractivity contribution in [3.63, 3.8) is 0 Å². The molecule has 1 atom stereocenters. The standard InChI is InChI=1S/C15H17ClN4O/c1-10-13(14(16)19(2)18-10)12-4-3-9-20(12)15(21)11-5-7-17-8-6-11/h5-8,12H,3-4,9H2,1-2H3/t12-/m0/s1. The third kappa shape index (κ3) is 2.42. The number of amides is 1. The molecule has 1 amide bonds. The number of hydrogen-bond acceptors (Lipinski definition) is 3. The van der Waals surface area contributed by atoms with Crippen LogP contribution in [0, 0.1) is 6.92 Å². The lowest BCUT2D eigenvalue weighted by Gasteiger charge is -2.25. The molecule has 0 aliphatic carbocycles. The zero-order valence-corrected chi connectivity index (χ0v) is 12.8. The van der Waals surface area contributed by atoms with E-state index in [1.54, 1.807) is 29.2 Å². The first-order valence-corrected chi connectivity index (χ1v) is 7.37. The summed E-state index contributed by atoms with van der Waals surface area (Å²) in [6, 6.07) is 3.50. The SMILES string of the molecule is Cc1nn(C)c(Cl)c1[C@@H]1CCCN1C(=O)c1ccncc1. The van der Waals surface area contributed by atoms with Gasteiger partial charge < -0.3 is 4.90 Å². The highest BCUT2D eigenvalue weighted by atomic mass is 35.5. The van der Waals surface area contributed by atoms with Gasteiger partial charge in [-0.05, 0) is 31.9 Å². The highest BCUT2D eigenvalue weighted by Gasteiger charge is 2.34. The summed E-state index contributed by atoms with van der Waals surface area (Å²) in [7, 11) is 1.82. The highest BCUT2D eigenvalue weighted by Crippen LogP contribution is 2.38. The van der Waals surface area contributed by atoms with Gasteiger partial charge in [-0.15, -0.1) is 0 Å². The van der Waals surface area contributed by atoms with Gasteiger partial charge in [-0.1, -0.05) is 11.6 Å². The second kappa shape index (κ2) is 5.48. The molecular weight excluding hydrogens is 288 g/mol. The number of carbonyl (C=O) groups excluding carboxylic acids is 1. The van der Waals surface area contributed by atoms with Crippen molar-refractivity contribution in [2.45, 2.75) is 25.8 Å². The molecule has 1 saturated heterocycles. The van der Waals surface area contributed by atoms with Crippen LogP contribution in [-0.2, 0) is 7.05 Å². The Morgan fingerprint density at radius 2 is 2.10 bits per heavy atom. The number of carbonyl (C=O) groups is 1. The fraction of sp³-hybridized carbons (Fsp3) is 0.400. The van der Waals surface area contributed by atoms with E-state index < -0.39 is 0 Å². The predicted molar refractivity (Wildman–Crippen MR) is 80.2 cm³/mol. The molecule has 1 aliphatic rings. The summed E-state index contributed by atoms with van der Waals surface area (Å²) < 4.78 is 1.67. The fourth-order valence-corrected chi connectivity index (χ4v) is 3.30. The Morgan fingerprint density at radius 1 is 1.38 bits per heavy atom. The predicted octanol–water partition coefficient (Wildman–Crippen LogP) is 2.75. The number of halogens is 1. The maximum Gasteiger partial charge on any atom is 0.254 e. The van der Waals surface area contributed by atoms with E-state index in [0.717, 1.165) is 30.6 Å². The Morgan fingerprint density at radius 3 is 2.71 bits per heavy atom. The zero-order valence-electron chi connectivity index (χ0n) is 12.1. The van der Waals surface area contributed by atoms with Gasteiger partial charge in [-0.2, -0.15) is 5.10 Å². The molecule has 0 saturated carbocycles. The van der Waals surface area contributed by atoms with E-state index in [0.29, 0.717) is 10.7 Å². The van der Waals surface area contributed by atoms with Gasteiger partial charge in [0.25, 0.3) is 5.91 Å². The number of aromatic nitrogens is 3. The molecule has 21 heavy (non-hydrogen) atoms. The Balaban J connectivity index is 1.94. The minimum Gasteiger partial charge on any atom is -0.331 e. The third-order valence-electron chi connectivity index (χ3n) is 3.97. The lowest BCUT2D eigenvalue weighted by molar-refractivity contribution is 0.0735. The number of aryl methyl sites for hydroxylation is 2. The van der Waals surface area contributed by atoms with E-state index in [1.165, 1.54) is 0 Å². The van der Waals surface area contributed by atoms with Gasteiger partial charge in [0.2, 0.25) is 0 Å². The largest absolute Gasteiger partial charge is 0.331 e. The molecule has 0 spiro atoms. The van der Waals surface area contributed by atoms with Crippen molar-refractivity contribution in [3.8, 4) is 0 Å². The lowest BCUT2D eigenvalue weighted by atomic mass is 10.1. The smallest absolute Gasteiger partial charge is 0.254 e. The van der Waals surface area contributed by atoms with Gasteiger partial charge in [0.1, 0.15) is 5.15 Å². The normalized spacial score (nSPS) is 18.2. The zero-order chi connectivity index (χ0) is 15.0. The number of hydrogen-bond donors (Lipinski definition) is 0. The molecule has 0 aromatic carbocycles. The van der Waals surface area contributed by atoms with Crippen LogP contribution < -0.4 is 0 Å². The van der Waals surface area contributed by atoms with Crippen LogP contribution >= 0.6 is 11.6 Å². The number of nitrogens with zero attached hydrogens (tertiary/aromatic N) is 4. The van der Waals surface area contributed by atoms with Crippen molar-refractivity contribution in [3.05, 3.63) is 46.5 Å². The molecule has 0 bridgehead atoms. The summed E-state index contributed by atoms with van der Waals surface area (Å²) in [5.74, 6) is 0.0271. The number of pyridine rings is 1. The van der Waals surface area contributed by atoms with Crippen LogP contribution in [0.15, 0.2) is 24.5 Å². The van der Waals surface area contributed by atoms with E-state index in [-0.39, 0.29) is 11.9 Å². The van der Waals surface area contributed by atoms with Crippen LogP contribution in [0.2, 0.25) is 5.15 Å². The summed E-state index contributed by atoms with van der Waals surface area (Å²) in [5, 5.41) is 4.98. The van der Waals surface area contributed by atoms with Gasteiger partial charge in [-0.3, -0.25) is 14.5 Å². The van der Waals surface area contributed by atoms with Crippen LogP contribution in [0.4, 0.5) is 0 Å². The minimum atomic E-state index is 0.00636. The van der Waals surface area contributed by atoms with E-state index >= 15 is 0 Å². The summed E-state index contributed by atoms with van der Waals surface area (Å²) in [4.78, 5) is 18.5. The molecule has 0 radical (unpaired) electrons. The topological polar surface area (TPSA) is 51.0 Å². The molecular formula is C15H17ClN4O. The Hall–Kier alpha value is -1.88. The van der Waals surface area contributed by atoms with E-state index in [1.807, 2.05) is 18.9 Å². The molecule has 3 heterocycles. The second-order valence-corrected chi connectivity index (χ2v) is 5.66. The first kappa shape index (κ1) is 14.1.